The molecule has 4 rings (SSSR count). The van der Waals surface area contributed by atoms with Gasteiger partial charge in [-0.05, 0) is 53.0 Å². The minimum atomic E-state index is -1.68. The molecule has 0 bridgehead atoms. The molecule has 4 N–H and O–H groups in total. The van der Waals surface area contributed by atoms with Gasteiger partial charge in [0.2, 0.25) is 0 Å². The summed E-state index contributed by atoms with van der Waals surface area (Å²) in [6.45, 7) is 6.27. The third-order valence-corrected chi connectivity index (χ3v) is 7.93. The molecule has 3 aromatic rings. The molecule has 0 aromatic carbocycles. The summed E-state index contributed by atoms with van der Waals surface area (Å²) in [4.78, 5) is 26.9. The van der Waals surface area contributed by atoms with Crippen LogP contribution >= 0.6 is 22.9 Å². The van der Waals surface area contributed by atoms with Crippen molar-refractivity contribution in [3.63, 3.8) is 0 Å². The average molecular weight is 588 g/mol. The SMILES string of the molecule is CC(C)(OC1CCC1)c1cnc(Nc2cc(Nc3ncc(C#N)cc3Cl)ncc2C(=O)NC[C@@H](F)C(C)(C)O)s1. The molecule has 10 nitrogen and oxygen atoms in total. The lowest BCUT2D eigenvalue weighted by molar-refractivity contribution is -0.105. The number of rotatable bonds is 11. The van der Waals surface area contributed by atoms with Crippen LogP contribution in [0.4, 0.5) is 26.8 Å². The Labute approximate surface area is 241 Å². The number of aliphatic hydroxyl groups is 1. The van der Waals surface area contributed by atoms with Crippen LogP contribution < -0.4 is 16.0 Å². The van der Waals surface area contributed by atoms with Crippen molar-refractivity contribution < 1.29 is 19.0 Å². The fraction of sp³-hybridized carbons (Fsp3) is 0.444. The topological polar surface area (TPSA) is 145 Å². The van der Waals surface area contributed by atoms with Crippen LogP contribution in [0.5, 0.6) is 0 Å². The number of amides is 1. The van der Waals surface area contributed by atoms with E-state index in [9.17, 15) is 14.3 Å². The maximum atomic E-state index is 14.3. The lowest BCUT2D eigenvalue weighted by Crippen LogP contribution is -2.42. The van der Waals surface area contributed by atoms with Crippen LogP contribution in [-0.4, -0.2) is 50.4 Å². The zero-order chi connectivity index (χ0) is 29.1. The van der Waals surface area contributed by atoms with Gasteiger partial charge in [0.1, 0.15) is 23.9 Å². The number of carbonyl (C=O) groups excluding carboxylic acids is 1. The molecule has 13 heteroatoms. The van der Waals surface area contributed by atoms with Crippen molar-refractivity contribution in [1.29, 1.82) is 5.26 Å². The van der Waals surface area contributed by atoms with E-state index in [2.05, 4.69) is 30.9 Å². The molecule has 0 radical (unpaired) electrons. The average Bonchev–Trinajstić information content (AvgIpc) is 3.35. The number of aromatic nitrogens is 3. The molecule has 1 saturated carbocycles. The number of thiazole rings is 1. The molecule has 1 fully saturated rings. The molecule has 0 aliphatic heterocycles. The highest BCUT2D eigenvalue weighted by molar-refractivity contribution is 7.15. The Balaban J connectivity index is 1.59. The Hall–Kier alpha value is -3.37. The quantitative estimate of drug-likeness (QED) is 0.225. The largest absolute Gasteiger partial charge is 0.387 e. The van der Waals surface area contributed by atoms with Gasteiger partial charge < -0.3 is 25.8 Å². The summed E-state index contributed by atoms with van der Waals surface area (Å²) in [7, 11) is 0. The maximum Gasteiger partial charge on any atom is 0.255 e. The molecule has 3 heterocycles. The fourth-order valence-electron chi connectivity index (χ4n) is 3.74. The first kappa shape index (κ1) is 29.6. The van der Waals surface area contributed by atoms with Crippen molar-refractivity contribution >= 4 is 51.3 Å². The second-order valence-electron chi connectivity index (χ2n) is 10.6. The number of carbonyl (C=O) groups is 1. The molecule has 1 aliphatic carbocycles. The standard InChI is InChI=1S/C27H31ClFN7O3S/c1-26(2,38)20(29)13-33-24(37)17-12-31-22(36-23-18(28)8-15(10-30)11-32-23)9-19(17)35-25-34-14-21(40-25)27(3,4)39-16-6-5-7-16/h8-9,11-12,14,16,20,38H,5-7,13H2,1-4H3,(H,33,37)(H2,31,32,34,35,36)/t20-/m1/s1. The summed E-state index contributed by atoms with van der Waals surface area (Å²) < 4.78 is 20.5. The van der Waals surface area contributed by atoms with E-state index in [-0.39, 0.29) is 29.1 Å². The minimum absolute atomic E-state index is 0.133. The van der Waals surface area contributed by atoms with Crippen LogP contribution in [0.1, 0.15) is 67.8 Å². The molecule has 1 atom stereocenters. The molecule has 0 saturated heterocycles. The number of alkyl halides is 1. The Morgan fingerprint density at radius 2 is 1.98 bits per heavy atom. The first-order valence-corrected chi connectivity index (χ1v) is 13.9. The number of nitrogens with zero attached hydrogens (tertiary/aromatic N) is 4. The number of nitrogens with one attached hydrogen (secondary N) is 3. The van der Waals surface area contributed by atoms with Crippen LogP contribution in [0, 0.1) is 11.3 Å². The van der Waals surface area contributed by atoms with E-state index in [1.54, 1.807) is 12.3 Å². The molecule has 1 aliphatic rings. The molecular weight excluding hydrogens is 557 g/mol. The highest BCUT2D eigenvalue weighted by atomic mass is 35.5. The zero-order valence-corrected chi connectivity index (χ0v) is 24.2. The smallest absolute Gasteiger partial charge is 0.255 e. The summed E-state index contributed by atoms with van der Waals surface area (Å²) in [6.07, 6.45) is 6.26. The van der Waals surface area contributed by atoms with Gasteiger partial charge in [0.25, 0.3) is 5.91 Å². The van der Waals surface area contributed by atoms with Crippen molar-refractivity contribution in [3.05, 3.63) is 51.7 Å². The number of nitriles is 1. The second kappa shape index (κ2) is 12.0. The van der Waals surface area contributed by atoms with E-state index in [0.717, 1.165) is 17.7 Å². The van der Waals surface area contributed by atoms with E-state index in [1.165, 1.54) is 50.1 Å². The third-order valence-electron chi connectivity index (χ3n) is 6.43. The number of halogens is 2. The van der Waals surface area contributed by atoms with Gasteiger partial charge in [0.15, 0.2) is 5.13 Å². The summed E-state index contributed by atoms with van der Waals surface area (Å²) in [5.74, 6) is -0.00922. The predicted octanol–water partition coefficient (Wildman–Crippen LogP) is 5.59. The van der Waals surface area contributed by atoms with Crippen molar-refractivity contribution in [3.8, 4) is 6.07 Å². The van der Waals surface area contributed by atoms with Crippen LogP contribution in [0.3, 0.4) is 0 Å². The number of anilines is 4. The van der Waals surface area contributed by atoms with Crippen molar-refractivity contribution in [1.82, 2.24) is 20.3 Å². The first-order chi connectivity index (χ1) is 18.9. The molecule has 0 spiro atoms. The number of pyridine rings is 2. The first-order valence-electron chi connectivity index (χ1n) is 12.7. The fourth-order valence-corrected chi connectivity index (χ4v) is 4.82. The summed E-state index contributed by atoms with van der Waals surface area (Å²) in [6, 6.07) is 5.02. The van der Waals surface area contributed by atoms with Crippen molar-refractivity contribution in [2.75, 3.05) is 17.2 Å². The third kappa shape index (κ3) is 7.22. The van der Waals surface area contributed by atoms with Gasteiger partial charge in [-0.1, -0.05) is 22.9 Å². The van der Waals surface area contributed by atoms with E-state index in [1.807, 2.05) is 19.9 Å². The predicted molar refractivity (Wildman–Crippen MR) is 152 cm³/mol. The van der Waals surface area contributed by atoms with Gasteiger partial charge in [0, 0.05) is 24.7 Å². The number of hydrogen-bond acceptors (Lipinski definition) is 10. The van der Waals surface area contributed by atoms with Gasteiger partial charge in [-0.15, -0.1) is 0 Å². The highest BCUT2D eigenvalue weighted by Crippen LogP contribution is 2.38. The maximum absolute atomic E-state index is 14.3. The van der Waals surface area contributed by atoms with E-state index < -0.39 is 23.3 Å². The number of ether oxygens (including phenoxy) is 1. The molecule has 0 unspecified atom stereocenters. The van der Waals surface area contributed by atoms with Gasteiger partial charge in [-0.3, -0.25) is 4.79 Å². The second-order valence-corrected chi connectivity index (χ2v) is 12.0. The molecule has 212 valence electrons. The van der Waals surface area contributed by atoms with Crippen LogP contribution in [0.25, 0.3) is 0 Å². The Morgan fingerprint density at radius 3 is 2.60 bits per heavy atom. The van der Waals surface area contributed by atoms with E-state index in [0.29, 0.717) is 22.2 Å². The van der Waals surface area contributed by atoms with Gasteiger partial charge in [-0.2, -0.15) is 5.26 Å². The lowest BCUT2D eigenvalue weighted by Gasteiger charge is -2.34. The summed E-state index contributed by atoms with van der Waals surface area (Å²) in [5, 5.41) is 28.3. The van der Waals surface area contributed by atoms with Gasteiger partial charge in [0.05, 0.1) is 50.6 Å². The van der Waals surface area contributed by atoms with Gasteiger partial charge >= 0.3 is 0 Å². The van der Waals surface area contributed by atoms with Crippen LogP contribution in [0.2, 0.25) is 5.02 Å². The molecular formula is C27H31ClFN7O3S. The zero-order valence-electron chi connectivity index (χ0n) is 22.6. The monoisotopic (exact) mass is 587 g/mol. The van der Waals surface area contributed by atoms with Crippen LogP contribution in [0.15, 0.2) is 30.7 Å². The summed E-state index contributed by atoms with van der Waals surface area (Å²) >= 11 is 7.65. The highest BCUT2D eigenvalue weighted by Gasteiger charge is 2.31. The van der Waals surface area contributed by atoms with Crippen molar-refractivity contribution in [2.24, 2.45) is 0 Å². The van der Waals surface area contributed by atoms with E-state index in [4.69, 9.17) is 21.6 Å². The normalized spacial score (nSPS) is 14.7. The Morgan fingerprint density at radius 1 is 1.23 bits per heavy atom. The molecule has 40 heavy (non-hydrogen) atoms. The van der Waals surface area contributed by atoms with Crippen LogP contribution in [-0.2, 0) is 10.3 Å². The van der Waals surface area contributed by atoms with E-state index >= 15 is 0 Å². The molecule has 3 aromatic heterocycles. The van der Waals surface area contributed by atoms with Crippen molar-refractivity contribution in [2.45, 2.75) is 70.4 Å². The molecule has 1 amide bonds. The lowest BCUT2D eigenvalue weighted by atomic mass is 9.95. The number of hydrogen-bond donors (Lipinski definition) is 4. The summed E-state index contributed by atoms with van der Waals surface area (Å²) in [5.41, 5.74) is -1.36. The minimum Gasteiger partial charge on any atom is -0.387 e. The Bertz CT molecular complexity index is 1420. The van der Waals surface area contributed by atoms with Gasteiger partial charge in [-0.25, -0.2) is 19.3 Å². The Kier molecular flexibility index (Phi) is 8.90.